The van der Waals surface area contributed by atoms with E-state index in [9.17, 15) is 4.79 Å². The van der Waals surface area contributed by atoms with E-state index in [1.54, 1.807) is 0 Å². The van der Waals surface area contributed by atoms with Crippen molar-refractivity contribution in [1.29, 1.82) is 0 Å². The monoisotopic (exact) mass is 313 g/mol. The minimum Gasteiger partial charge on any atom is -0.466 e. The highest BCUT2D eigenvalue weighted by atomic mass is 79.9. The smallest absolute Gasteiger partial charge is 0.255 e. The maximum absolute atomic E-state index is 12.3. The first-order valence-electron chi connectivity index (χ1n) is 6.52. The van der Waals surface area contributed by atoms with Gasteiger partial charge < -0.3 is 9.73 Å². The zero-order chi connectivity index (χ0) is 13.3. The number of halogens is 1. The van der Waals surface area contributed by atoms with Crippen molar-refractivity contribution in [3.05, 3.63) is 22.6 Å². The van der Waals surface area contributed by atoms with Crippen molar-refractivity contribution in [2.24, 2.45) is 0 Å². The second kappa shape index (κ2) is 5.47. The van der Waals surface area contributed by atoms with Crippen molar-refractivity contribution in [3.8, 4) is 0 Å². The van der Waals surface area contributed by atoms with Crippen LogP contribution < -0.4 is 5.32 Å². The maximum atomic E-state index is 12.3. The van der Waals surface area contributed by atoms with Gasteiger partial charge in [-0.2, -0.15) is 0 Å². The Bertz CT molecular complexity index is 453. The van der Waals surface area contributed by atoms with Gasteiger partial charge in [0.05, 0.1) is 5.56 Å². The van der Waals surface area contributed by atoms with Crippen molar-refractivity contribution < 1.29 is 9.21 Å². The zero-order valence-electron chi connectivity index (χ0n) is 11.2. The summed E-state index contributed by atoms with van der Waals surface area (Å²) in [5.41, 5.74) is 1.66. The molecule has 0 radical (unpaired) electrons. The summed E-state index contributed by atoms with van der Waals surface area (Å²) in [5.74, 6) is 1.54. The van der Waals surface area contributed by atoms with Gasteiger partial charge in [-0.05, 0) is 33.6 Å². The summed E-state index contributed by atoms with van der Waals surface area (Å²) in [7, 11) is 0. The molecule has 2 unspecified atom stereocenters. The van der Waals surface area contributed by atoms with Crippen LogP contribution in [0.15, 0.2) is 4.42 Å². The Morgan fingerprint density at radius 3 is 2.44 bits per heavy atom. The lowest BCUT2D eigenvalue weighted by atomic mass is 9.95. The van der Waals surface area contributed by atoms with Crippen molar-refractivity contribution in [2.45, 2.75) is 57.3 Å². The molecule has 1 saturated carbocycles. The molecule has 1 heterocycles. The first-order valence-corrected chi connectivity index (χ1v) is 7.43. The van der Waals surface area contributed by atoms with E-state index in [0.29, 0.717) is 16.2 Å². The van der Waals surface area contributed by atoms with Crippen LogP contribution in [0.4, 0.5) is 0 Å². The van der Waals surface area contributed by atoms with Crippen LogP contribution >= 0.6 is 15.9 Å². The Hall–Kier alpha value is -0.770. The van der Waals surface area contributed by atoms with E-state index >= 15 is 0 Å². The molecule has 0 aromatic carbocycles. The Morgan fingerprint density at radius 2 is 1.89 bits per heavy atom. The van der Waals surface area contributed by atoms with Crippen LogP contribution in [0, 0.1) is 20.8 Å². The first kappa shape index (κ1) is 13.7. The van der Waals surface area contributed by atoms with Crippen LogP contribution in [0.2, 0.25) is 0 Å². The fourth-order valence-corrected chi connectivity index (χ4v) is 3.34. The lowest BCUT2D eigenvalue weighted by Crippen LogP contribution is -2.42. The lowest BCUT2D eigenvalue weighted by Gasteiger charge is -2.28. The van der Waals surface area contributed by atoms with Gasteiger partial charge in [-0.25, -0.2) is 0 Å². The predicted molar refractivity (Wildman–Crippen MR) is 75.4 cm³/mol. The summed E-state index contributed by atoms with van der Waals surface area (Å²) in [6.45, 7) is 5.68. The normalized spacial score (nSPS) is 24.0. The van der Waals surface area contributed by atoms with Gasteiger partial charge >= 0.3 is 0 Å². The van der Waals surface area contributed by atoms with E-state index in [2.05, 4.69) is 21.2 Å². The summed E-state index contributed by atoms with van der Waals surface area (Å²) in [4.78, 5) is 12.7. The van der Waals surface area contributed by atoms with Crippen LogP contribution in [0.5, 0.6) is 0 Å². The highest BCUT2D eigenvalue weighted by molar-refractivity contribution is 9.09. The molecule has 2 atom stereocenters. The molecule has 4 heteroatoms. The van der Waals surface area contributed by atoms with Gasteiger partial charge in [0.1, 0.15) is 11.5 Å². The van der Waals surface area contributed by atoms with E-state index in [0.717, 1.165) is 24.2 Å². The molecule has 3 nitrogen and oxygen atoms in total. The number of furan rings is 1. The number of alkyl halides is 1. The molecule has 1 amide bonds. The van der Waals surface area contributed by atoms with Crippen molar-refractivity contribution in [3.63, 3.8) is 0 Å². The molecular formula is C14H20BrNO2. The van der Waals surface area contributed by atoms with Gasteiger partial charge in [0.15, 0.2) is 0 Å². The Labute approximate surface area is 116 Å². The fourth-order valence-electron chi connectivity index (χ4n) is 2.62. The van der Waals surface area contributed by atoms with E-state index in [4.69, 9.17) is 4.42 Å². The molecule has 0 saturated heterocycles. The Balaban J connectivity index is 2.12. The zero-order valence-corrected chi connectivity index (χ0v) is 12.8. The average molecular weight is 314 g/mol. The second-order valence-corrected chi connectivity index (χ2v) is 6.27. The SMILES string of the molecule is Cc1oc(C)c(C(=O)NC2CCCCC2Br)c1C. The number of hydrogen-bond donors (Lipinski definition) is 1. The molecule has 0 bridgehead atoms. The molecule has 1 aliphatic carbocycles. The summed E-state index contributed by atoms with van der Waals surface area (Å²) < 4.78 is 5.51. The quantitative estimate of drug-likeness (QED) is 0.847. The number of nitrogens with one attached hydrogen (secondary N) is 1. The highest BCUT2D eigenvalue weighted by Crippen LogP contribution is 2.26. The summed E-state index contributed by atoms with van der Waals surface area (Å²) in [5, 5.41) is 3.13. The molecule has 1 fully saturated rings. The van der Waals surface area contributed by atoms with Crippen molar-refractivity contribution >= 4 is 21.8 Å². The molecule has 100 valence electrons. The lowest BCUT2D eigenvalue weighted by molar-refractivity contribution is 0.0928. The number of aryl methyl sites for hydroxylation is 2. The second-order valence-electron chi connectivity index (χ2n) is 5.09. The molecule has 1 N–H and O–H groups in total. The molecule has 0 spiro atoms. The number of rotatable bonds is 2. The minimum absolute atomic E-state index is 0.00167. The van der Waals surface area contributed by atoms with Crippen molar-refractivity contribution in [1.82, 2.24) is 5.32 Å². The van der Waals surface area contributed by atoms with Gasteiger partial charge in [0.2, 0.25) is 0 Å². The average Bonchev–Trinajstić information content (AvgIpc) is 2.56. The van der Waals surface area contributed by atoms with E-state index < -0.39 is 0 Å². The number of amides is 1. The summed E-state index contributed by atoms with van der Waals surface area (Å²) in [6.07, 6.45) is 4.62. The van der Waals surface area contributed by atoms with Gasteiger partial charge in [0.25, 0.3) is 5.91 Å². The first-order chi connectivity index (χ1) is 8.50. The topological polar surface area (TPSA) is 42.2 Å². The molecule has 0 aliphatic heterocycles. The molecule has 1 aliphatic rings. The largest absolute Gasteiger partial charge is 0.466 e. The molecule has 1 aromatic heterocycles. The minimum atomic E-state index is -0.00167. The van der Waals surface area contributed by atoms with Gasteiger partial charge in [-0.15, -0.1) is 0 Å². The molecule has 1 aromatic rings. The third-order valence-electron chi connectivity index (χ3n) is 3.79. The highest BCUT2D eigenvalue weighted by Gasteiger charge is 2.26. The third-order valence-corrected chi connectivity index (χ3v) is 4.88. The van der Waals surface area contributed by atoms with E-state index in [-0.39, 0.29) is 11.9 Å². The third kappa shape index (κ3) is 2.63. The van der Waals surface area contributed by atoms with Crippen LogP contribution in [0.1, 0.15) is 53.1 Å². The van der Waals surface area contributed by atoms with Crippen LogP contribution in [-0.4, -0.2) is 16.8 Å². The molecule has 2 rings (SSSR count). The Morgan fingerprint density at radius 1 is 1.22 bits per heavy atom. The van der Waals surface area contributed by atoms with E-state index in [1.807, 2.05) is 20.8 Å². The summed E-state index contributed by atoms with van der Waals surface area (Å²) in [6, 6.07) is 0.236. The van der Waals surface area contributed by atoms with Crippen LogP contribution in [0.3, 0.4) is 0 Å². The summed E-state index contributed by atoms with van der Waals surface area (Å²) >= 11 is 3.66. The standard InChI is InChI=1S/C14H20BrNO2/c1-8-9(2)18-10(3)13(8)14(17)16-12-7-5-4-6-11(12)15/h11-12H,4-7H2,1-3H3,(H,16,17). The fraction of sp³-hybridized carbons (Fsp3) is 0.643. The number of carbonyl (C=O) groups is 1. The van der Waals surface area contributed by atoms with Gasteiger partial charge in [0, 0.05) is 16.4 Å². The maximum Gasteiger partial charge on any atom is 0.255 e. The van der Waals surface area contributed by atoms with Gasteiger partial charge in [-0.3, -0.25) is 4.79 Å². The predicted octanol–water partition coefficient (Wildman–Crippen LogP) is 3.64. The molecular weight excluding hydrogens is 294 g/mol. The van der Waals surface area contributed by atoms with Crippen molar-refractivity contribution in [2.75, 3.05) is 0 Å². The van der Waals surface area contributed by atoms with Crippen LogP contribution in [-0.2, 0) is 0 Å². The van der Waals surface area contributed by atoms with Gasteiger partial charge in [-0.1, -0.05) is 28.8 Å². The van der Waals surface area contributed by atoms with Crippen LogP contribution in [0.25, 0.3) is 0 Å². The number of hydrogen-bond acceptors (Lipinski definition) is 2. The van der Waals surface area contributed by atoms with E-state index in [1.165, 1.54) is 12.8 Å². The Kier molecular flexibility index (Phi) is 4.15. The number of carbonyl (C=O) groups excluding carboxylic acids is 1. The molecule has 18 heavy (non-hydrogen) atoms.